The van der Waals surface area contributed by atoms with Gasteiger partial charge in [-0.3, -0.25) is 4.79 Å². The molecular formula is C21H23N3O5S. The second kappa shape index (κ2) is 8.08. The number of nitrogens with one attached hydrogen (secondary N) is 1. The zero-order chi connectivity index (χ0) is 21.3. The lowest BCUT2D eigenvalue weighted by molar-refractivity contribution is -0.120. The van der Waals surface area contributed by atoms with E-state index in [2.05, 4.69) is 4.72 Å². The number of urea groups is 1. The highest BCUT2D eigenvalue weighted by molar-refractivity contribution is 7.88. The number of carbonyl (C=O) groups excluding carboxylic acids is 2. The Hall–Kier alpha value is -2.91. The average molecular weight is 429 g/mol. The average Bonchev–Trinajstić information content (AvgIpc) is 2.98. The van der Waals surface area contributed by atoms with Crippen molar-refractivity contribution in [1.29, 1.82) is 0 Å². The standard InChI is InChI=1S/C21H23N3O5S/c1-29-18-9-7-17(8-10-18)24-20(25)19-13-16(11-12-23(19)21(24)26)22-30(27,28)14-15-5-3-2-4-6-15/h2-10,16,19,22H,11-14H2,1H3. The molecule has 0 aliphatic carbocycles. The van der Waals surface area contributed by atoms with Crippen LogP contribution in [0.3, 0.4) is 0 Å². The van der Waals surface area contributed by atoms with Crippen molar-refractivity contribution in [3.63, 3.8) is 0 Å². The van der Waals surface area contributed by atoms with Gasteiger partial charge in [0.2, 0.25) is 10.0 Å². The van der Waals surface area contributed by atoms with Gasteiger partial charge in [-0.1, -0.05) is 30.3 Å². The third-order valence-corrected chi connectivity index (χ3v) is 6.83. The molecule has 8 nitrogen and oxygen atoms in total. The number of hydrogen-bond donors (Lipinski definition) is 1. The lowest BCUT2D eigenvalue weighted by Crippen LogP contribution is -2.49. The quantitative estimate of drug-likeness (QED) is 0.710. The molecule has 2 unspecified atom stereocenters. The highest BCUT2D eigenvalue weighted by Gasteiger charge is 2.49. The van der Waals surface area contributed by atoms with Crippen LogP contribution in [0.1, 0.15) is 18.4 Å². The van der Waals surface area contributed by atoms with E-state index >= 15 is 0 Å². The maximum Gasteiger partial charge on any atom is 0.332 e. The van der Waals surface area contributed by atoms with Gasteiger partial charge in [0.1, 0.15) is 11.8 Å². The van der Waals surface area contributed by atoms with E-state index < -0.39 is 22.1 Å². The Labute approximate surface area is 175 Å². The Morgan fingerprint density at radius 3 is 2.43 bits per heavy atom. The van der Waals surface area contributed by atoms with Crippen molar-refractivity contribution in [2.75, 3.05) is 18.6 Å². The fourth-order valence-electron chi connectivity index (χ4n) is 3.97. The van der Waals surface area contributed by atoms with Crippen molar-refractivity contribution in [2.45, 2.75) is 30.7 Å². The summed E-state index contributed by atoms with van der Waals surface area (Å²) in [4.78, 5) is 28.4. The summed E-state index contributed by atoms with van der Waals surface area (Å²) in [6.07, 6.45) is 0.714. The van der Waals surface area contributed by atoms with Crippen LogP contribution in [0, 0.1) is 0 Å². The number of carbonyl (C=O) groups is 2. The molecule has 1 N–H and O–H groups in total. The minimum absolute atomic E-state index is 0.121. The number of nitrogens with zero attached hydrogens (tertiary/aromatic N) is 2. The van der Waals surface area contributed by atoms with Crippen LogP contribution in [-0.4, -0.2) is 51.0 Å². The summed E-state index contributed by atoms with van der Waals surface area (Å²) >= 11 is 0. The molecule has 2 atom stereocenters. The van der Waals surface area contributed by atoms with Crippen molar-refractivity contribution in [1.82, 2.24) is 9.62 Å². The number of hydrogen-bond acceptors (Lipinski definition) is 5. The van der Waals surface area contributed by atoms with Crippen molar-refractivity contribution in [3.8, 4) is 5.75 Å². The molecule has 2 aromatic rings. The Balaban J connectivity index is 1.45. The molecule has 3 amide bonds. The first-order chi connectivity index (χ1) is 14.4. The van der Waals surface area contributed by atoms with Gasteiger partial charge in [-0.2, -0.15) is 0 Å². The van der Waals surface area contributed by atoms with Gasteiger partial charge in [0.25, 0.3) is 5.91 Å². The van der Waals surface area contributed by atoms with Gasteiger partial charge in [0.05, 0.1) is 18.6 Å². The van der Waals surface area contributed by atoms with Gasteiger partial charge in [0, 0.05) is 12.6 Å². The third-order valence-electron chi connectivity index (χ3n) is 5.42. The minimum Gasteiger partial charge on any atom is -0.497 e. The van der Waals surface area contributed by atoms with E-state index in [1.807, 2.05) is 6.07 Å². The van der Waals surface area contributed by atoms with Crippen LogP contribution in [0.15, 0.2) is 54.6 Å². The number of methoxy groups -OCH3 is 1. The largest absolute Gasteiger partial charge is 0.497 e. The van der Waals surface area contributed by atoms with E-state index in [0.29, 0.717) is 30.0 Å². The van der Waals surface area contributed by atoms with Crippen molar-refractivity contribution >= 4 is 27.6 Å². The maximum atomic E-state index is 13.0. The molecule has 0 bridgehead atoms. The molecule has 30 heavy (non-hydrogen) atoms. The topological polar surface area (TPSA) is 96.0 Å². The predicted octanol–water partition coefficient (Wildman–Crippen LogP) is 2.11. The first-order valence-corrected chi connectivity index (χ1v) is 11.4. The lowest BCUT2D eigenvalue weighted by atomic mass is 9.99. The lowest BCUT2D eigenvalue weighted by Gasteiger charge is -2.32. The molecule has 2 saturated heterocycles. The molecule has 4 rings (SSSR count). The van der Waals surface area contributed by atoms with Gasteiger partial charge in [-0.05, 0) is 42.7 Å². The number of rotatable bonds is 6. The zero-order valence-corrected chi connectivity index (χ0v) is 17.3. The van der Waals surface area contributed by atoms with Crippen LogP contribution in [0.4, 0.5) is 10.5 Å². The molecule has 2 heterocycles. The normalized spacial score (nSPS) is 21.6. The molecule has 9 heteroatoms. The van der Waals surface area contributed by atoms with Crippen LogP contribution < -0.4 is 14.4 Å². The number of benzene rings is 2. The van der Waals surface area contributed by atoms with Crippen LogP contribution in [0.5, 0.6) is 5.75 Å². The van der Waals surface area contributed by atoms with E-state index in [1.165, 1.54) is 4.90 Å². The van der Waals surface area contributed by atoms with Crippen molar-refractivity contribution < 1.29 is 22.7 Å². The SMILES string of the molecule is COc1ccc(N2C(=O)C3CC(NS(=O)(=O)Cc4ccccc4)CCN3C2=O)cc1. The van der Waals surface area contributed by atoms with E-state index in [4.69, 9.17) is 4.74 Å². The number of ether oxygens (including phenoxy) is 1. The first-order valence-electron chi connectivity index (χ1n) is 9.70. The van der Waals surface area contributed by atoms with Gasteiger partial charge >= 0.3 is 6.03 Å². The number of imide groups is 1. The summed E-state index contributed by atoms with van der Waals surface area (Å²) in [5.41, 5.74) is 1.17. The molecule has 0 radical (unpaired) electrons. The molecule has 2 fully saturated rings. The second-order valence-electron chi connectivity index (χ2n) is 7.45. The highest BCUT2D eigenvalue weighted by atomic mass is 32.2. The van der Waals surface area contributed by atoms with E-state index in [1.54, 1.807) is 55.6 Å². The predicted molar refractivity (Wildman–Crippen MR) is 112 cm³/mol. The van der Waals surface area contributed by atoms with Crippen LogP contribution in [0.25, 0.3) is 0 Å². The molecule has 0 spiro atoms. The van der Waals surface area contributed by atoms with Crippen LogP contribution >= 0.6 is 0 Å². The molecule has 0 saturated carbocycles. The number of fused-ring (bicyclic) bond motifs is 1. The van der Waals surface area contributed by atoms with Crippen LogP contribution in [0.2, 0.25) is 0 Å². The highest BCUT2D eigenvalue weighted by Crippen LogP contribution is 2.32. The summed E-state index contributed by atoms with van der Waals surface area (Å²) in [6.45, 7) is 0.320. The molecule has 158 valence electrons. The Kier molecular flexibility index (Phi) is 5.48. The van der Waals surface area contributed by atoms with E-state index in [-0.39, 0.29) is 24.1 Å². The first kappa shape index (κ1) is 20.4. The van der Waals surface area contributed by atoms with Crippen molar-refractivity contribution in [3.05, 3.63) is 60.2 Å². The summed E-state index contributed by atoms with van der Waals surface area (Å²) in [5.74, 6) is 0.171. The fraction of sp³-hybridized carbons (Fsp3) is 0.333. The third kappa shape index (κ3) is 4.03. The van der Waals surface area contributed by atoms with Gasteiger partial charge < -0.3 is 9.64 Å². The van der Waals surface area contributed by atoms with Gasteiger partial charge in [0.15, 0.2) is 0 Å². The Morgan fingerprint density at radius 1 is 1.07 bits per heavy atom. The minimum atomic E-state index is -3.56. The van der Waals surface area contributed by atoms with Crippen LogP contribution in [-0.2, 0) is 20.6 Å². The Morgan fingerprint density at radius 2 is 1.77 bits per heavy atom. The van der Waals surface area contributed by atoms with Gasteiger partial charge in [-0.15, -0.1) is 0 Å². The van der Waals surface area contributed by atoms with Crippen molar-refractivity contribution in [2.24, 2.45) is 0 Å². The molecular weight excluding hydrogens is 406 g/mol. The molecule has 2 aliphatic heterocycles. The molecule has 2 aromatic carbocycles. The van der Waals surface area contributed by atoms with E-state index in [0.717, 1.165) is 4.90 Å². The maximum absolute atomic E-state index is 13.0. The number of amides is 3. The monoisotopic (exact) mass is 429 g/mol. The number of piperidine rings is 1. The smallest absolute Gasteiger partial charge is 0.332 e. The molecule has 0 aromatic heterocycles. The summed E-state index contributed by atoms with van der Waals surface area (Å²) in [7, 11) is -2.02. The second-order valence-corrected chi connectivity index (χ2v) is 9.20. The molecule has 2 aliphatic rings. The van der Waals surface area contributed by atoms with E-state index in [9.17, 15) is 18.0 Å². The summed E-state index contributed by atoms with van der Waals surface area (Å²) in [5, 5.41) is 0. The fourth-order valence-corrected chi connectivity index (χ4v) is 5.40. The number of sulfonamides is 1. The number of anilines is 1. The zero-order valence-electron chi connectivity index (χ0n) is 16.5. The summed E-state index contributed by atoms with van der Waals surface area (Å²) in [6, 6.07) is 14.2. The summed E-state index contributed by atoms with van der Waals surface area (Å²) < 4.78 is 32.9. The Bertz CT molecular complexity index is 1040. The van der Waals surface area contributed by atoms with Gasteiger partial charge in [-0.25, -0.2) is 22.8 Å².